The van der Waals surface area contributed by atoms with Crippen LogP contribution in [0.3, 0.4) is 0 Å². The highest BCUT2D eigenvalue weighted by Gasteiger charge is 2.31. The monoisotopic (exact) mass is 316 g/mol. The molecule has 0 radical (unpaired) electrons. The fraction of sp³-hybridized carbons (Fsp3) is 0.294. The van der Waals surface area contributed by atoms with Gasteiger partial charge in [0, 0.05) is 10.7 Å². The SMILES string of the molecule is COc1ccc(CC(Br)C2Cc3ccccc32)cc1. The largest absolute Gasteiger partial charge is 0.497 e. The average Bonchev–Trinajstić information content (AvgIpc) is 2.41. The van der Waals surface area contributed by atoms with Crippen LogP contribution in [0.25, 0.3) is 0 Å². The van der Waals surface area contributed by atoms with E-state index in [4.69, 9.17) is 4.74 Å². The van der Waals surface area contributed by atoms with Crippen LogP contribution in [0, 0.1) is 0 Å². The molecule has 2 atom stereocenters. The highest BCUT2D eigenvalue weighted by molar-refractivity contribution is 9.09. The van der Waals surface area contributed by atoms with Gasteiger partial charge in [-0.1, -0.05) is 52.3 Å². The predicted octanol–water partition coefficient (Wildman–Crippen LogP) is 4.34. The molecule has 0 N–H and O–H groups in total. The fourth-order valence-electron chi connectivity index (χ4n) is 2.75. The lowest BCUT2D eigenvalue weighted by Crippen LogP contribution is -2.26. The van der Waals surface area contributed by atoms with Crippen LogP contribution in [0.4, 0.5) is 0 Å². The number of ether oxygens (including phenoxy) is 1. The first-order valence-electron chi connectivity index (χ1n) is 6.62. The molecule has 0 spiro atoms. The van der Waals surface area contributed by atoms with Crippen molar-refractivity contribution >= 4 is 15.9 Å². The molecule has 0 aliphatic heterocycles. The minimum atomic E-state index is 0.510. The summed E-state index contributed by atoms with van der Waals surface area (Å²) in [5.74, 6) is 1.57. The van der Waals surface area contributed by atoms with Gasteiger partial charge >= 0.3 is 0 Å². The summed E-state index contributed by atoms with van der Waals surface area (Å²) in [6.07, 6.45) is 2.26. The highest BCUT2D eigenvalue weighted by Crippen LogP contribution is 2.41. The van der Waals surface area contributed by atoms with Gasteiger partial charge in [0.05, 0.1) is 7.11 Å². The zero-order valence-electron chi connectivity index (χ0n) is 11.0. The Morgan fingerprint density at radius 1 is 1.16 bits per heavy atom. The van der Waals surface area contributed by atoms with Crippen molar-refractivity contribution in [2.75, 3.05) is 7.11 Å². The van der Waals surface area contributed by atoms with Crippen molar-refractivity contribution in [3.8, 4) is 5.75 Å². The van der Waals surface area contributed by atoms with Crippen molar-refractivity contribution in [3.63, 3.8) is 0 Å². The molecular formula is C17H17BrO. The number of benzene rings is 2. The molecular weight excluding hydrogens is 300 g/mol. The van der Waals surface area contributed by atoms with Gasteiger partial charge in [-0.05, 0) is 41.7 Å². The van der Waals surface area contributed by atoms with E-state index >= 15 is 0 Å². The summed E-state index contributed by atoms with van der Waals surface area (Å²) < 4.78 is 5.19. The molecule has 0 bridgehead atoms. The van der Waals surface area contributed by atoms with E-state index in [0.29, 0.717) is 10.7 Å². The zero-order valence-corrected chi connectivity index (χ0v) is 12.6. The Hall–Kier alpha value is -1.28. The average molecular weight is 317 g/mol. The summed E-state index contributed by atoms with van der Waals surface area (Å²) in [7, 11) is 1.70. The van der Waals surface area contributed by atoms with Crippen molar-refractivity contribution in [1.82, 2.24) is 0 Å². The Balaban J connectivity index is 1.67. The molecule has 98 valence electrons. The zero-order chi connectivity index (χ0) is 13.2. The molecule has 2 heteroatoms. The molecule has 0 fully saturated rings. The number of alkyl halides is 1. The van der Waals surface area contributed by atoms with E-state index in [0.717, 1.165) is 12.2 Å². The van der Waals surface area contributed by atoms with Crippen LogP contribution >= 0.6 is 15.9 Å². The first kappa shape index (κ1) is 12.7. The number of halogens is 1. The van der Waals surface area contributed by atoms with Crippen molar-refractivity contribution in [1.29, 1.82) is 0 Å². The van der Waals surface area contributed by atoms with E-state index in [1.807, 2.05) is 12.1 Å². The Bertz CT molecular complexity index is 562. The lowest BCUT2D eigenvalue weighted by Gasteiger charge is -2.34. The number of hydrogen-bond acceptors (Lipinski definition) is 1. The summed E-state index contributed by atoms with van der Waals surface area (Å²) in [5.41, 5.74) is 4.37. The van der Waals surface area contributed by atoms with Gasteiger partial charge in [-0.3, -0.25) is 0 Å². The minimum absolute atomic E-state index is 0.510. The third kappa shape index (κ3) is 2.55. The van der Waals surface area contributed by atoms with E-state index in [-0.39, 0.29) is 0 Å². The molecule has 0 amide bonds. The summed E-state index contributed by atoms with van der Waals surface area (Å²) in [5, 5.41) is 0. The van der Waals surface area contributed by atoms with Gasteiger partial charge in [-0.25, -0.2) is 0 Å². The van der Waals surface area contributed by atoms with Gasteiger partial charge < -0.3 is 4.74 Å². The molecule has 0 saturated heterocycles. The molecule has 2 aromatic rings. The molecule has 1 aliphatic rings. The lowest BCUT2D eigenvalue weighted by atomic mass is 9.75. The van der Waals surface area contributed by atoms with E-state index in [2.05, 4.69) is 52.3 Å². The molecule has 0 aromatic heterocycles. The molecule has 2 aromatic carbocycles. The Labute approximate surface area is 122 Å². The number of methoxy groups -OCH3 is 1. The van der Waals surface area contributed by atoms with Gasteiger partial charge in [0.1, 0.15) is 5.75 Å². The third-order valence-corrected chi connectivity index (χ3v) is 4.88. The van der Waals surface area contributed by atoms with Crippen LogP contribution < -0.4 is 4.74 Å². The quantitative estimate of drug-likeness (QED) is 0.762. The summed E-state index contributed by atoms with van der Waals surface area (Å²) >= 11 is 3.87. The first-order chi connectivity index (χ1) is 9.28. The Morgan fingerprint density at radius 2 is 1.89 bits per heavy atom. The lowest BCUT2D eigenvalue weighted by molar-refractivity contribution is 0.414. The summed E-state index contributed by atoms with van der Waals surface area (Å²) in [6, 6.07) is 17.1. The standard InChI is InChI=1S/C17H17BrO/c1-19-14-8-6-12(7-9-14)10-17(18)16-11-13-4-2-3-5-15(13)16/h2-9,16-17H,10-11H2,1H3. The Kier molecular flexibility index (Phi) is 3.61. The molecule has 1 nitrogen and oxygen atoms in total. The third-order valence-electron chi connectivity index (χ3n) is 3.92. The molecule has 0 saturated carbocycles. The summed E-state index contributed by atoms with van der Waals surface area (Å²) in [4.78, 5) is 0.510. The first-order valence-corrected chi connectivity index (χ1v) is 7.54. The van der Waals surface area contributed by atoms with Gasteiger partial charge in [0.2, 0.25) is 0 Å². The van der Waals surface area contributed by atoms with Gasteiger partial charge in [0.15, 0.2) is 0 Å². The maximum absolute atomic E-state index is 5.19. The second kappa shape index (κ2) is 5.38. The summed E-state index contributed by atoms with van der Waals surface area (Å²) in [6.45, 7) is 0. The van der Waals surface area contributed by atoms with Crippen LogP contribution in [-0.2, 0) is 12.8 Å². The second-order valence-electron chi connectivity index (χ2n) is 5.08. The molecule has 0 heterocycles. The number of fused-ring (bicyclic) bond motifs is 1. The number of rotatable bonds is 4. The van der Waals surface area contributed by atoms with Crippen molar-refractivity contribution in [3.05, 3.63) is 65.2 Å². The second-order valence-corrected chi connectivity index (χ2v) is 6.25. The van der Waals surface area contributed by atoms with Crippen molar-refractivity contribution < 1.29 is 4.74 Å². The van der Waals surface area contributed by atoms with Gasteiger partial charge in [0.25, 0.3) is 0 Å². The van der Waals surface area contributed by atoms with E-state index < -0.39 is 0 Å². The minimum Gasteiger partial charge on any atom is -0.497 e. The Morgan fingerprint density at radius 3 is 2.58 bits per heavy atom. The van der Waals surface area contributed by atoms with Crippen LogP contribution in [0.1, 0.15) is 22.6 Å². The van der Waals surface area contributed by atoms with Crippen molar-refractivity contribution in [2.45, 2.75) is 23.6 Å². The predicted molar refractivity (Wildman–Crippen MR) is 82.3 cm³/mol. The highest BCUT2D eigenvalue weighted by atomic mass is 79.9. The molecule has 3 rings (SSSR count). The topological polar surface area (TPSA) is 9.23 Å². The van der Waals surface area contributed by atoms with Gasteiger partial charge in [-0.15, -0.1) is 0 Å². The maximum Gasteiger partial charge on any atom is 0.118 e. The van der Waals surface area contributed by atoms with Crippen LogP contribution in [0.15, 0.2) is 48.5 Å². The van der Waals surface area contributed by atoms with E-state index in [9.17, 15) is 0 Å². The molecule has 19 heavy (non-hydrogen) atoms. The van der Waals surface area contributed by atoms with Crippen LogP contribution in [-0.4, -0.2) is 11.9 Å². The van der Waals surface area contributed by atoms with Gasteiger partial charge in [-0.2, -0.15) is 0 Å². The van der Waals surface area contributed by atoms with E-state index in [1.54, 1.807) is 7.11 Å². The maximum atomic E-state index is 5.19. The van der Waals surface area contributed by atoms with E-state index in [1.165, 1.54) is 23.1 Å². The fourth-order valence-corrected chi connectivity index (χ4v) is 3.59. The molecule has 2 unspecified atom stereocenters. The number of hydrogen-bond donors (Lipinski definition) is 0. The van der Waals surface area contributed by atoms with Crippen molar-refractivity contribution in [2.24, 2.45) is 0 Å². The normalized spacial score (nSPS) is 18.3. The molecule has 1 aliphatic carbocycles. The van der Waals surface area contributed by atoms with Crippen LogP contribution in [0.2, 0.25) is 0 Å². The van der Waals surface area contributed by atoms with Crippen LogP contribution in [0.5, 0.6) is 5.75 Å². The smallest absolute Gasteiger partial charge is 0.118 e.